The van der Waals surface area contributed by atoms with Gasteiger partial charge in [0.15, 0.2) is 6.10 Å². The molecule has 0 N–H and O–H groups in total. The number of carbonyl (C=O) groups is 1. The van der Waals surface area contributed by atoms with Crippen LogP contribution in [0.1, 0.15) is 23.2 Å². The molecule has 1 unspecified atom stereocenters. The molecule has 10 nitrogen and oxygen atoms in total. The number of aryl methyl sites for hydroxylation is 1. The van der Waals surface area contributed by atoms with Gasteiger partial charge in [0.1, 0.15) is 12.9 Å². The third-order valence-electron chi connectivity index (χ3n) is 6.26. The second-order valence-corrected chi connectivity index (χ2v) is 8.22. The first-order valence-corrected chi connectivity index (χ1v) is 10.6. The molecule has 0 aliphatic carbocycles. The van der Waals surface area contributed by atoms with Crippen LogP contribution in [0.2, 0.25) is 0 Å². The monoisotopic (exact) mass is 437 g/mol. The number of aromatic nitrogens is 4. The van der Waals surface area contributed by atoms with Crippen LogP contribution in [0.4, 0.5) is 11.6 Å². The van der Waals surface area contributed by atoms with Crippen molar-refractivity contribution in [3.63, 3.8) is 0 Å². The number of fused-ring (bicyclic) bond motifs is 1. The molecule has 5 rings (SSSR count). The molecular formula is C22H25N6O4+. The predicted molar refractivity (Wildman–Crippen MR) is 115 cm³/mol. The topological polar surface area (TPSA) is 103 Å². The number of hydrogen-bond acceptors (Lipinski definition) is 9. The van der Waals surface area contributed by atoms with Crippen molar-refractivity contribution in [1.29, 1.82) is 0 Å². The van der Waals surface area contributed by atoms with E-state index in [0.717, 1.165) is 41.9 Å². The Bertz CT molecular complexity index is 1120. The van der Waals surface area contributed by atoms with Gasteiger partial charge in [0, 0.05) is 24.9 Å². The highest BCUT2D eigenvalue weighted by atomic mass is 16.5. The summed E-state index contributed by atoms with van der Waals surface area (Å²) in [6.45, 7) is 4.51. The minimum atomic E-state index is -0.162. The first kappa shape index (κ1) is 20.4. The average Bonchev–Trinajstić information content (AvgIpc) is 3.50. The standard InChI is InChI=1S/C22H25N6O4/c1-15-9-16(10-23-21(15)30-2)27-7-4-19-18(11-27)22(25-13-24-19)31-17-5-8-28(12-17,14-29)20-3-6-26-32-20/h3,6,9-10,13-14,17H,4-5,7-8,11-12H2,1-2H3/q+1/t17-,28?/m0/s1. The molecule has 0 radical (unpaired) electrons. The first-order valence-electron chi connectivity index (χ1n) is 10.6. The van der Waals surface area contributed by atoms with Gasteiger partial charge in [-0.05, 0) is 13.0 Å². The van der Waals surface area contributed by atoms with Crippen molar-refractivity contribution in [1.82, 2.24) is 24.6 Å². The zero-order valence-electron chi connectivity index (χ0n) is 18.1. The van der Waals surface area contributed by atoms with E-state index in [1.54, 1.807) is 25.7 Å². The van der Waals surface area contributed by atoms with Gasteiger partial charge in [0.25, 0.3) is 0 Å². The zero-order chi connectivity index (χ0) is 22.1. The predicted octanol–water partition coefficient (Wildman–Crippen LogP) is 2.05. The van der Waals surface area contributed by atoms with E-state index in [2.05, 4.69) is 31.1 Å². The Labute approximate surface area is 185 Å². The summed E-state index contributed by atoms with van der Waals surface area (Å²) >= 11 is 0. The Morgan fingerprint density at radius 3 is 2.94 bits per heavy atom. The van der Waals surface area contributed by atoms with Crippen LogP contribution in [-0.4, -0.2) is 59.4 Å². The number of ether oxygens (including phenoxy) is 2. The van der Waals surface area contributed by atoms with Gasteiger partial charge >= 0.3 is 12.3 Å². The summed E-state index contributed by atoms with van der Waals surface area (Å²) in [5.41, 5.74) is 3.97. The normalized spacial score (nSPS) is 22.4. The Morgan fingerprint density at radius 2 is 2.19 bits per heavy atom. The molecule has 3 aromatic heterocycles. The molecule has 0 aromatic carbocycles. The lowest BCUT2D eigenvalue weighted by molar-refractivity contribution is -0.117. The molecule has 0 spiro atoms. The molecule has 10 heteroatoms. The van der Waals surface area contributed by atoms with Crippen molar-refractivity contribution >= 4 is 18.0 Å². The largest absolute Gasteiger partial charge is 0.481 e. The fourth-order valence-corrected chi connectivity index (χ4v) is 4.53. The number of rotatable bonds is 6. The summed E-state index contributed by atoms with van der Waals surface area (Å²) in [4.78, 5) is 27.5. The fourth-order valence-electron chi connectivity index (χ4n) is 4.53. The summed E-state index contributed by atoms with van der Waals surface area (Å²) in [6.07, 6.45) is 7.17. The van der Waals surface area contributed by atoms with Crippen LogP contribution in [-0.2, 0) is 17.8 Å². The van der Waals surface area contributed by atoms with Crippen molar-refractivity contribution in [2.45, 2.75) is 32.4 Å². The maximum atomic E-state index is 11.9. The highest BCUT2D eigenvalue weighted by molar-refractivity contribution is 5.67. The number of hydrogen-bond donors (Lipinski definition) is 0. The Morgan fingerprint density at radius 1 is 1.28 bits per heavy atom. The molecule has 1 saturated heterocycles. The lowest BCUT2D eigenvalue weighted by Crippen LogP contribution is -2.46. The van der Waals surface area contributed by atoms with Crippen molar-refractivity contribution in [3.05, 3.63) is 47.7 Å². The van der Waals surface area contributed by atoms with Crippen molar-refractivity contribution in [3.8, 4) is 11.8 Å². The van der Waals surface area contributed by atoms with Crippen LogP contribution in [0, 0.1) is 6.92 Å². The number of carbonyl (C=O) groups excluding carboxylic acids is 1. The van der Waals surface area contributed by atoms with Gasteiger partial charge in [-0.25, -0.2) is 19.7 Å². The smallest absolute Gasteiger partial charge is 0.329 e. The lowest BCUT2D eigenvalue weighted by Gasteiger charge is -2.31. The van der Waals surface area contributed by atoms with Crippen molar-refractivity contribution in [2.24, 2.45) is 0 Å². The van der Waals surface area contributed by atoms with Crippen LogP contribution in [0.25, 0.3) is 0 Å². The van der Waals surface area contributed by atoms with E-state index in [-0.39, 0.29) is 10.6 Å². The fraction of sp³-hybridized carbons (Fsp3) is 0.409. The van der Waals surface area contributed by atoms with Gasteiger partial charge < -0.3 is 18.9 Å². The first-order chi connectivity index (χ1) is 15.6. The number of amides is 1. The van der Waals surface area contributed by atoms with E-state index < -0.39 is 0 Å². The van der Waals surface area contributed by atoms with Gasteiger partial charge in [-0.2, -0.15) is 4.48 Å². The quantitative estimate of drug-likeness (QED) is 0.423. The van der Waals surface area contributed by atoms with E-state index in [1.807, 2.05) is 13.1 Å². The highest BCUT2D eigenvalue weighted by Crippen LogP contribution is 2.33. The minimum absolute atomic E-state index is 0.0703. The Kier molecular flexibility index (Phi) is 5.22. The number of pyridine rings is 1. The minimum Gasteiger partial charge on any atom is -0.481 e. The summed E-state index contributed by atoms with van der Waals surface area (Å²) in [5, 5.41) is 3.75. The van der Waals surface area contributed by atoms with Crippen LogP contribution in [0.5, 0.6) is 11.8 Å². The second kappa shape index (κ2) is 8.19. The van der Waals surface area contributed by atoms with Crippen molar-refractivity contribution in [2.75, 3.05) is 31.6 Å². The molecule has 0 bridgehead atoms. The number of nitrogens with zero attached hydrogens (tertiary/aromatic N) is 6. The van der Waals surface area contributed by atoms with Gasteiger partial charge in [0.05, 0.1) is 55.6 Å². The van der Waals surface area contributed by atoms with Gasteiger partial charge in [-0.1, -0.05) is 5.16 Å². The van der Waals surface area contributed by atoms with E-state index in [9.17, 15) is 4.79 Å². The van der Waals surface area contributed by atoms with E-state index in [4.69, 9.17) is 14.0 Å². The van der Waals surface area contributed by atoms with Gasteiger partial charge in [-0.15, -0.1) is 0 Å². The second-order valence-electron chi connectivity index (χ2n) is 8.22. The summed E-state index contributed by atoms with van der Waals surface area (Å²) in [6, 6.07) is 3.80. The summed E-state index contributed by atoms with van der Waals surface area (Å²) in [5.74, 6) is 1.74. The van der Waals surface area contributed by atoms with Crippen LogP contribution in [0.15, 0.2) is 35.4 Å². The van der Waals surface area contributed by atoms with Gasteiger partial charge in [-0.3, -0.25) is 0 Å². The van der Waals surface area contributed by atoms with Gasteiger partial charge in [0.2, 0.25) is 11.8 Å². The summed E-state index contributed by atoms with van der Waals surface area (Å²) in [7, 11) is 1.62. The number of quaternary nitrogens is 1. The summed E-state index contributed by atoms with van der Waals surface area (Å²) < 4.78 is 17.0. The maximum absolute atomic E-state index is 11.9. The van der Waals surface area contributed by atoms with Crippen LogP contribution < -0.4 is 18.9 Å². The van der Waals surface area contributed by atoms with Crippen LogP contribution in [0.3, 0.4) is 0 Å². The Balaban J connectivity index is 1.36. The molecule has 2 atom stereocenters. The molecule has 2 aliphatic heterocycles. The molecule has 1 fully saturated rings. The molecule has 5 heterocycles. The van der Waals surface area contributed by atoms with E-state index >= 15 is 0 Å². The molecule has 166 valence electrons. The molecule has 2 aliphatic rings. The van der Waals surface area contributed by atoms with E-state index in [1.165, 1.54) is 0 Å². The number of anilines is 1. The lowest BCUT2D eigenvalue weighted by atomic mass is 10.1. The molecular weight excluding hydrogens is 412 g/mol. The number of methoxy groups -OCH3 is 1. The average molecular weight is 437 g/mol. The molecule has 3 aromatic rings. The third-order valence-corrected chi connectivity index (χ3v) is 6.26. The maximum Gasteiger partial charge on any atom is 0.329 e. The molecule has 1 amide bonds. The highest BCUT2D eigenvalue weighted by Gasteiger charge is 2.44. The SMILES string of the molecule is COc1ncc(N2CCc3ncnc(O[C@H]4CC[N+](C=O)(c5ccno5)C4)c3C2)cc1C. The van der Waals surface area contributed by atoms with Crippen LogP contribution >= 0.6 is 0 Å². The zero-order valence-corrected chi connectivity index (χ0v) is 18.1. The number of likely N-dealkylation sites (tertiary alicyclic amines) is 1. The molecule has 0 saturated carbocycles. The van der Waals surface area contributed by atoms with Crippen molar-refractivity contribution < 1.29 is 18.8 Å². The Hall–Kier alpha value is -3.53. The molecule has 32 heavy (non-hydrogen) atoms. The third kappa shape index (κ3) is 3.56. The van der Waals surface area contributed by atoms with E-state index in [0.29, 0.717) is 43.7 Å².